The molecule has 4 aliphatic rings. The minimum Gasteiger partial charge on any atom is -0.375 e. The number of rotatable bonds is 2. The molecule has 2 aliphatic carbocycles. The van der Waals surface area contributed by atoms with Crippen LogP contribution in [0.3, 0.4) is 0 Å². The molecular formula is C58H47BN2. The standard InChI is InChI=1S/C58H47BN2/c1-56(2,3)36-28-29-49(42(31-36)34-18-9-8-10-19-34)60-50-33-47-43(38-22-13-15-26-45(38)57(47,4)5)32-48(50)59-52-44(30-35-20-11-12-21-37(35)55(52)60)39-24-17-25-41-51-54(61(59)53(39)41)40-23-14-16-27-46(40)58(51,6)7/h8-33H,1-7H3. The number of anilines is 3. The van der Waals surface area contributed by atoms with E-state index in [0.717, 1.165) is 0 Å². The van der Waals surface area contributed by atoms with Crippen molar-refractivity contribution in [3.8, 4) is 44.6 Å². The summed E-state index contributed by atoms with van der Waals surface area (Å²) in [5, 5.41) is 3.91. The predicted octanol–water partition coefficient (Wildman–Crippen LogP) is 13.8. The Hall–Kier alpha value is -6.58. The van der Waals surface area contributed by atoms with E-state index in [0.29, 0.717) is 0 Å². The van der Waals surface area contributed by atoms with E-state index in [4.69, 9.17) is 0 Å². The molecule has 3 heteroatoms. The van der Waals surface area contributed by atoms with Crippen molar-refractivity contribution in [3.05, 3.63) is 186 Å². The van der Waals surface area contributed by atoms with Crippen molar-refractivity contribution in [3.63, 3.8) is 0 Å². The van der Waals surface area contributed by atoms with E-state index in [9.17, 15) is 0 Å². The molecule has 0 radical (unpaired) electrons. The summed E-state index contributed by atoms with van der Waals surface area (Å²) in [6.07, 6.45) is 0. The zero-order valence-electron chi connectivity index (χ0n) is 36.0. The van der Waals surface area contributed by atoms with Gasteiger partial charge in [0.15, 0.2) is 0 Å². The Balaban J connectivity index is 1.24. The number of aromatic nitrogens is 1. The molecule has 0 bridgehead atoms. The summed E-state index contributed by atoms with van der Waals surface area (Å²) in [5.41, 5.74) is 25.1. The van der Waals surface area contributed by atoms with Gasteiger partial charge in [-0.15, -0.1) is 0 Å². The second-order valence-corrected chi connectivity index (χ2v) is 20.1. The fraction of sp³-hybridized carbons (Fsp3) is 0.172. The molecule has 0 saturated carbocycles. The second kappa shape index (κ2) is 11.6. The van der Waals surface area contributed by atoms with Crippen molar-refractivity contribution in [2.45, 2.75) is 64.7 Å². The van der Waals surface area contributed by atoms with Gasteiger partial charge < -0.3 is 9.38 Å². The average Bonchev–Trinajstić information content (AvgIpc) is 3.82. The van der Waals surface area contributed by atoms with Crippen LogP contribution in [0.4, 0.5) is 17.1 Å². The van der Waals surface area contributed by atoms with Gasteiger partial charge in [-0.05, 0) is 96.1 Å². The van der Waals surface area contributed by atoms with Crippen LogP contribution in [-0.4, -0.2) is 11.3 Å². The number of benzene rings is 8. The second-order valence-electron chi connectivity index (χ2n) is 20.1. The number of para-hydroxylation sites is 1. The van der Waals surface area contributed by atoms with Crippen LogP contribution in [0.1, 0.15) is 76.3 Å². The summed E-state index contributed by atoms with van der Waals surface area (Å²) < 4.78 is 2.80. The van der Waals surface area contributed by atoms with Gasteiger partial charge in [0.05, 0.1) is 11.4 Å². The van der Waals surface area contributed by atoms with Crippen LogP contribution >= 0.6 is 0 Å². The molecule has 0 saturated heterocycles. The predicted molar refractivity (Wildman–Crippen MR) is 259 cm³/mol. The van der Waals surface area contributed by atoms with E-state index in [1.807, 2.05) is 0 Å². The van der Waals surface area contributed by atoms with Gasteiger partial charge >= 0.3 is 6.85 Å². The van der Waals surface area contributed by atoms with Crippen LogP contribution in [-0.2, 0) is 16.2 Å². The zero-order valence-corrected chi connectivity index (χ0v) is 36.0. The Morgan fingerprint density at radius 1 is 0.492 bits per heavy atom. The molecular weight excluding hydrogens is 735 g/mol. The molecule has 0 amide bonds. The van der Waals surface area contributed by atoms with Crippen LogP contribution in [0, 0.1) is 0 Å². The third-order valence-corrected chi connectivity index (χ3v) is 15.1. The lowest BCUT2D eigenvalue weighted by atomic mass is 9.44. The molecule has 292 valence electrons. The van der Waals surface area contributed by atoms with Crippen LogP contribution in [0.5, 0.6) is 0 Å². The molecule has 3 heterocycles. The number of hydrogen-bond acceptors (Lipinski definition) is 1. The lowest BCUT2D eigenvalue weighted by Crippen LogP contribution is -2.57. The van der Waals surface area contributed by atoms with E-state index >= 15 is 0 Å². The first-order valence-corrected chi connectivity index (χ1v) is 22.1. The Bertz CT molecular complexity index is 3410. The van der Waals surface area contributed by atoms with Gasteiger partial charge in [0.1, 0.15) is 0 Å². The van der Waals surface area contributed by atoms with Crippen LogP contribution in [0.2, 0.25) is 0 Å². The first-order chi connectivity index (χ1) is 29.4. The van der Waals surface area contributed by atoms with Gasteiger partial charge in [-0.25, -0.2) is 0 Å². The van der Waals surface area contributed by atoms with Crippen molar-refractivity contribution < 1.29 is 0 Å². The maximum atomic E-state index is 2.80. The molecule has 0 spiro atoms. The van der Waals surface area contributed by atoms with E-state index in [-0.39, 0.29) is 23.1 Å². The largest absolute Gasteiger partial charge is 0.375 e. The lowest BCUT2D eigenvalue weighted by molar-refractivity contribution is 0.590. The van der Waals surface area contributed by atoms with Crippen LogP contribution in [0.15, 0.2) is 158 Å². The first-order valence-electron chi connectivity index (χ1n) is 22.1. The van der Waals surface area contributed by atoms with Gasteiger partial charge in [0.2, 0.25) is 0 Å². The highest BCUT2D eigenvalue weighted by atomic mass is 15.2. The molecule has 9 aromatic rings. The van der Waals surface area contributed by atoms with Crippen molar-refractivity contribution in [2.75, 3.05) is 4.90 Å². The first kappa shape index (κ1) is 35.2. The summed E-state index contributed by atoms with van der Waals surface area (Å²) >= 11 is 0. The molecule has 8 aromatic carbocycles. The van der Waals surface area contributed by atoms with Gasteiger partial charge in [-0.3, -0.25) is 0 Å². The van der Waals surface area contributed by atoms with E-state index in [1.54, 1.807) is 0 Å². The topological polar surface area (TPSA) is 8.17 Å². The molecule has 2 aliphatic heterocycles. The van der Waals surface area contributed by atoms with E-state index in [2.05, 4.69) is 216 Å². The van der Waals surface area contributed by atoms with Crippen molar-refractivity contribution >= 4 is 56.5 Å². The van der Waals surface area contributed by atoms with Gasteiger partial charge in [0.25, 0.3) is 0 Å². The normalized spacial score (nSPS) is 15.7. The molecule has 0 atom stereocenters. The third kappa shape index (κ3) is 4.39. The van der Waals surface area contributed by atoms with Crippen molar-refractivity contribution in [1.29, 1.82) is 0 Å². The summed E-state index contributed by atoms with van der Waals surface area (Å²) in [7, 11) is 0. The molecule has 0 N–H and O–H groups in total. The number of hydrogen-bond donors (Lipinski definition) is 0. The quantitative estimate of drug-likeness (QED) is 0.159. The summed E-state index contributed by atoms with van der Waals surface area (Å²) in [6, 6.07) is 60.6. The molecule has 1 aromatic heterocycles. The fourth-order valence-electron chi connectivity index (χ4n) is 12.2. The smallest absolute Gasteiger partial charge is 0.333 e. The van der Waals surface area contributed by atoms with Crippen LogP contribution in [0.25, 0.3) is 66.3 Å². The molecule has 0 unspecified atom stereocenters. The van der Waals surface area contributed by atoms with E-state index < -0.39 is 0 Å². The number of nitrogens with zero attached hydrogens (tertiary/aromatic N) is 2. The Morgan fingerprint density at radius 3 is 1.95 bits per heavy atom. The highest BCUT2D eigenvalue weighted by Crippen LogP contribution is 2.58. The minimum atomic E-state index is -0.167. The maximum Gasteiger partial charge on any atom is 0.333 e. The molecule has 13 rings (SSSR count). The Labute approximate surface area is 359 Å². The number of fused-ring (bicyclic) bond motifs is 14. The lowest BCUT2D eigenvalue weighted by Gasteiger charge is -2.43. The Kier molecular flexibility index (Phi) is 6.70. The summed E-state index contributed by atoms with van der Waals surface area (Å²) in [6.45, 7) is 16.6. The maximum absolute atomic E-state index is 2.80. The Morgan fingerprint density at radius 2 is 1.16 bits per heavy atom. The van der Waals surface area contributed by atoms with Crippen molar-refractivity contribution in [1.82, 2.24) is 4.48 Å². The molecule has 2 nitrogen and oxygen atoms in total. The molecule has 0 fully saturated rings. The average molecular weight is 783 g/mol. The molecule has 61 heavy (non-hydrogen) atoms. The summed E-state index contributed by atoms with van der Waals surface area (Å²) in [5.74, 6) is 0. The highest BCUT2D eigenvalue weighted by molar-refractivity contribution is 6.90. The van der Waals surface area contributed by atoms with Gasteiger partial charge in [-0.2, -0.15) is 0 Å². The summed E-state index contributed by atoms with van der Waals surface area (Å²) in [4.78, 5) is 2.69. The zero-order chi connectivity index (χ0) is 41.3. The van der Waals surface area contributed by atoms with Crippen molar-refractivity contribution in [2.24, 2.45) is 0 Å². The van der Waals surface area contributed by atoms with Gasteiger partial charge in [0, 0.05) is 55.2 Å². The van der Waals surface area contributed by atoms with Gasteiger partial charge in [-0.1, -0.05) is 182 Å². The van der Waals surface area contributed by atoms with E-state index in [1.165, 1.54) is 122 Å². The van der Waals surface area contributed by atoms with Crippen LogP contribution < -0.4 is 15.8 Å². The highest BCUT2D eigenvalue weighted by Gasteiger charge is 2.50. The fourth-order valence-corrected chi connectivity index (χ4v) is 12.2. The SMILES string of the molecule is CC(C)(C)c1ccc(N2c3cc4c(cc3B3c5c(cc6ccccc6c52)-c2cccc5c6c(n3c25)-c2ccccc2C6(C)C)-c2ccccc2C4(C)C)c(-c2ccccc2)c1. The minimum absolute atomic E-state index is 0.0177. The monoisotopic (exact) mass is 782 g/mol. The third-order valence-electron chi connectivity index (χ3n) is 15.1.